The molecule has 0 atom stereocenters. The van der Waals surface area contributed by atoms with Gasteiger partial charge in [-0.25, -0.2) is 4.98 Å². The highest BCUT2D eigenvalue weighted by Crippen LogP contribution is 2.58. The first-order chi connectivity index (χ1) is 9.98. The van der Waals surface area contributed by atoms with Gasteiger partial charge in [0, 0.05) is 18.5 Å². The number of alkyl halides is 3. The highest BCUT2D eigenvalue weighted by atomic mass is 32.1. The van der Waals surface area contributed by atoms with Gasteiger partial charge in [0.15, 0.2) is 10.8 Å². The predicted molar refractivity (Wildman–Crippen MR) is 71.7 cm³/mol. The van der Waals surface area contributed by atoms with E-state index in [1.807, 2.05) is 5.38 Å². The molecule has 0 radical (unpaired) electrons. The summed E-state index contributed by atoms with van der Waals surface area (Å²) in [4.78, 5) is 5.95. The number of hydrogen-bond acceptors (Lipinski definition) is 4. The first-order valence-corrected chi connectivity index (χ1v) is 7.66. The van der Waals surface area contributed by atoms with E-state index < -0.39 is 11.7 Å². The van der Waals surface area contributed by atoms with Crippen LogP contribution in [0.2, 0.25) is 0 Å². The molecule has 7 heteroatoms. The molecule has 0 amide bonds. The van der Waals surface area contributed by atoms with E-state index in [2.05, 4.69) is 4.98 Å². The van der Waals surface area contributed by atoms with Crippen molar-refractivity contribution in [2.45, 2.75) is 31.1 Å². The average Bonchev–Trinajstić information content (AvgIpc) is 3.08. The Morgan fingerprint density at radius 1 is 1.43 bits per heavy atom. The smallest absolute Gasteiger partial charge is 0.406 e. The molecule has 21 heavy (non-hydrogen) atoms. The van der Waals surface area contributed by atoms with Gasteiger partial charge in [0.25, 0.3) is 0 Å². The largest absolute Gasteiger partial charge is 0.462 e. The highest BCUT2D eigenvalue weighted by Gasteiger charge is 2.69. The number of aromatic nitrogens is 1. The van der Waals surface area contributed by atoms with Crippen molar-refractivity contribution in [3.8, 4) is 10.8 Å². The van der Waals surface area contributed by atoms with Crippen LogP contribution in [0.25, 0.3) is 10.8 Å². The number of rotatable bonds is 3. The Kier molecular flexibility index (Phi) is 2.75. The molecule has 1 saturated carbocycles. The lowest BCUT2D eigenvalue weighted by molar-refractivity contribution is -0.238. The number of nitrogens with zero attached hydrogens (tertiary/aromatic N) is 2. The van der Waals surface area contributed by atoms with Crippen LogP contribution in [-0.4, -0.2) is 28.1 Å². The van der Waals surface area contributed by atoms with E-state index >= 15 is 0 Å². The van der Waals surface area contributed by atoms with Crippen LogP contribution in [0.3, 0.4) is 0 Å². The fraction of sp³-hybridized carbons (Fsp3) is 0.500. The molecule has 0 spiro atoms. The summed E-state index contributed by atoms with van der Waals surface area (Å²) >= 11 is 1.40. The van der Waals surface area contributed by atoms with Crippen molar-refractivity contribution in [1.29, 1.82) is 0 Å². The molecule has 0 aromatic carbocycles. The van der Waals surface area contributed by atoms with Crippen molar-refractivity contribution >= 4 is 11.3 Å². The van der Waals surface area contributed by atoms with E-state index in [4.69, 9.17) is 4.42 Å². The van der Waals surface area contributed by atoms with Crippen molar-refractivity contribution in [2.24, 2.45) is 5.92 Å². The second kappa shape index (κ2) is 4.33. The monoisotopic (exact) mass is 314 g/mol. The molecule has 2 aliphatic heterocycles. The van der Waals surface area contributed by atoms with Gasteiger partial charge in [-0.15, -0.1) is 11.3 Å². The molecular formula is C14H13F3N2OS. The van der Waals surface area contributed by atoms with Crippen molar-refractivity contribution in [3.05, 3.63) is 29.5 Å². The van der Waals surface area contributed by atoms with E-state index in [1.165, 1.54) is 11.3 Å². The van der Waals surface area contributed by atoms with E-state index in [9.17, 15) is 13.2 Å². The lowest BCUT2D eigenvalue weighted by atomic mass is 9.73. The minimum absolute atomic E-state index is 0.190. The first-order valence-electron chi connectivity index (χ1n) is 6.78. The SMILES string of the molecule is FC(F)(F)C12CC(CN1Cc1csc(-c3ccco3)n1)C2. The van der Waals surface area contributed by atoms with Crippen LogP contribution in [-0.2, 0) is 6.54 Å². The standard InChI is InChI=1S/C14H13F3N2OS/c15-14(16,17)13-4-9(5-13)6-19(13)7-10-8-21-12(18-10)11-2-1-3-20-11/h1-3,8-9H,4-7H2. The number of halogens is 3. The zero-order valence-electron chi connectivity index (χ0n) is 11.1. The van der Waals surface area contributed by atoms with Crippen LogP contribution < -0.4 is 0 Å². The van der Waals surface area contributed by atoms with E-state index in [0.717, 1.165) is 0 Å². The van der Waals surface area contributed by atoms with Gasteiger partial charge in [0.1, 0.15) is 5.54 Å². The van der Waals surface area contributed by atoms with Crippen LogP contribution in [0, 0.1) is 5.92 Å². The maximum atomic E-state index is 13.3. The van der Waals surface area contributed by atoms with Crippen LogP contribution in [0.15, 0.2) is 28.2 Å². The molecule has 1 aliphatic carbocycles. The van der Waals surface area contributed by atoms with Crippen LogP contribution >= 0.6 is 11.3 Å². The maximum absolute atomic E-state index is 13.3. The normalized spacial score (nSPS) is 28.8. The maximum Gasteiger partial charge on any atom is 0.406 e. The zero-order valence-corrected chi connectivity index (χ0v) is 11.9. The summed E-state index contributed by atoms with van der Waals surface area (Å²) in [6.07, 6.45) is -2.11. The number of thiazole rings is 1. The summed E-state index contributed by atoms with van der Waals surface area (Å²) in [7, 11) is 0. The molecule has 2 aromatic rings. The molecule has 3 fully saturated rings. The zero-order chi connectivity index (χ0) is 14.7. The van der Waals surface area contributed by atoms with Crippen molar-refractivity contribution in [2.75, 3.05) is 6.54 Å². The Morgan fingerprint density at radius 3 is 2.90 bits per heavy atom. The quantitative estimate of drug-likeness (QED) is 0.859. The second-order valence-electron chi connectivity index (χ2n) is 5.81. The lowest BCUT2D eigenvalue weighted by Gasteiger charge is -2.43. The molecule has 3 nitrogen and oxygen atoms in total. The molecule has 2 bridgehead atoms. The highest BCUT2D eigenvalue weighted by molar-refractivity contribution is 7.13. The fourth-order valence-corrected chi connectivity index (χ4v) is 4.26. The summed E-state index contributed by atoms with van der Waals surface area (Å²) in [6, 6.07) is 3.57. The average molecular weight is 314 g/mol. The van der Waals surface area contributed by atoms with Gasteiger partial charge in [0.05, 0.1) is 12.0 Å². The Labute approximate surface area is 123 Å². The van der Waals surface area contributed by atoms with Gasteiger partial charge in [-0.3, -0.25) is 4.90 Å². The Morgan fingerprint density at radius 2 is 2.24 bits per heavy atom. The molecule has 2 aromatic heterocycles. The van der Waals surface area contributed by atoms with Gasteiger partial charge < -0.3 is 4.42 Å². The van der Waals surface area contributed by atoms with E-state index in [-0.39, 0.29) is 25.3 Å². The van der Waals surface area contributed by atoms with Gasteiger partial charge in [-0.2, -0.15) is 13.2 Å². The first kappa shape index (κ1) is 13.3. The van der Waals surface area contributed by atoms with Crippen molar-refractivity contribution < 1.29 is 17.6 Å². The Hall–Kier alpha value is -1.34. The van der Waals surface area contributed by atoms with Gasteiger partial charge >= 0.3 is 6.18 Å². The van der Waals surface area contributed by atoms with Crippen LogP contribution in [0.1, 0.15) is 18.5 Å². The van der Waals surface area contributed by atoms with Gasteiger partial charge in [-0.1, -0.05) is 0 Å². The summed E-state index contributed by atoms with van der Waals surface area (Å²) < 4.78 is 45.1. The topological polar surface area (TPSA) is 29.3 Å². The minimum Gasteiger partial charge on any atom is -0.462 e. The third kappa shape index (κ3) is 1.94. The van der Waals surface area contributed by atoms with Crippen molar-refractivity contribution in [3.63, 3.8) is 0 Å². The molecule has 112 valence electrons. The summed E-state index contributed by atoms with van der Waals surface area (Å²) in [5.74, 6) is 0.845. The number of hydrogen-bond donors (Lipinski definition) is 0. The molecule has 0 unspecified atom stereocenters. The van der Waals surface area contributed by atoms with Crippen molar-refractivity contribution in [1.82, 2.24) is 9.88 Å². The molecule has 0 N–H and O–H groups in total. The summed E-state index contributed by atoms with van der Waals surface area (Å²) in [6.45, 7) is 0.778. The van der Waals surface area contributed by atoms with Gasteiger partial charge in [-0.05, 0) is 30.9 Å². The van der Waals surface area contributed by atoms with E-state index in [0.29, 0.717) is 23.0 Å². The summed E-state index contributed by atoms with van der Waals surface area (Å²) in [5, 5.41) is 2.53. The number of fused-ring (bicyclic) bond motifs is 1. The Balaban J connectivity index is 1.54. The third-order valence-corrected chi connectivity index (χ3v) is 5.41. The molecule has 3 aliphatic rings. The molecule has 4 heterocycles. The number of furan rings is 1. The lowest BCUT2D eigenvalue weighted by Crippen LogP contribution is -2.57. The fourth-order valence-electron chi connectivity index (χ4n) is 3.48. The summed E-state index contributed by atoms with van der Waals surface area (Å²) in [5.41, 5.74) is -0.922. The van der Waals surface area contributed by atoms with Crippen LogP contribution in [0.4, 0.5) is 13.2 Å². The third-order valence-electron chi connectivity index (χ3n) is 4.50. The minimum atomic E-state index is -4.15. The van der Waals surface area contributed by atoms with Gasteiger partial charge in [0.2, 0.25) is 0 Å². The molecular weight excluding hydrogens is 301 g/mol. The van der Waals surface area contributed by atoms with E-state index in [1.54, 1.807) is 23.3 Å². The Bertz CT molecular complexity index is 643. The second-order valence-corrected chi connectivity index (χ2v) is 6.66. The predicted octanol–water partition coefficient (Wildman–Crippen LogP) is 3.93. The molecule has 2 saturated heterocycles. The molecule has 5 rings (SSSR count). The van der Waals surface area contributed by atoms with Crippen LogP contribution in [0.5, 0.6) is 0 Å².